The molecule has 2 aromatic rings. The van der Waals surface area contributed by atoms with Crippen molar-refractivity contribution in [3.8, 4) is 0 Å². The van der Waals surface area contributed by atoms with Crippen LogP contribution in [-0.4, -0.2) is 0 Å². The summed E-state index contributed by atoms with van der Waals surface area (Å²) < 4.78 is 0. The molecule has 1 nitrogen and oxygen atoms in total. The van der Waals surface area contributed by atoms with Crippen molar-refractivity contribution in [1.29, 1.82) is 0 Å². The average molecular weight is 259 g/mol. The fourth-order valence-corrected chi connectivity index (χ4v) is 3.54. The van der Waals surface area contributed by atoms with E-state index in [1.807, 2.05) is 11.3 Å². The van der Waals surface area contributed by atoms with Crippen molar-refractivity contribution >= 4 is 11.3 Å². The summed E-state index contributed by atoms with van der Waals surface area (Å²) in [6, 6.07) is 8.81. The predicted molar refractivity (Wildman–Crippen MR) is 80.4 cm³/mol. The molecule has 0 aliphatic carbocycles. The van der Waals surface area contributed by atoms with Crippen molar-refractivity contribution in [2.24, 2.45) is 5.73 Å². The highest BCUT2D eigenvalue weighted by molar-refractivity contribution is 7.12. The number of rotatable bonds is 3. The van der Waals surface area contributed by atoms with Gasteiger partial charge in [0.1, 0.15) is 0 Å². The van der Waals surface area contributed by atoms with Crippen LogP contribution in [0.15, 0.2) is 24.3 Å². The van der Waals surface area contributed by atoms with Crippen LogP contribution in [-0.2, 0) is 6.42 Å². The molecule has 1 aromatic heterocycles. The summed E-state index contributed by atoms with van der Waals surface area (Å²) in [5.41, 5.74) is 11.6. The van der Waals surface area contributed by atoms with Crippen molar-refractivity contribution in [2.45, 2.75) is 40.2 Å². The monoisotopic (exact) mass is 259 g/mol. The van der Waals surface area contributed by atoms with Crippen LogP contribution in [0.2, 0.25) is 0 Å². The van der Waals surface area contributed by atoms with Crippen LogP contribution < -0.4 is 5.73 Å². The topological polar surface area (TPSA) is 26.0 Å². The van der Waals surface area contributed by atoms with Gasteiger partial charge in [0.2, 0.25) is 0 Å². The Balaban J connectivity index is 2.42. The Hall–Kier alpha value is -1.12. The first-order chi connectivity index (χ1) is 8.52. The molecule has 0 radical (unpaired) electrons. The van der Waals surface area contributed by atoms with Crippen molar-refractivity contribution in [1.82, 2.24) is 0 Å². The van der Waals surface area contributed by atoms with E-state index in [-0.39, 0.29) is 6.04 Å². The summed E-state index contributed by atoms with van der Waals surface area (Å²) in [6.07, 6.45) is 1.09. The Kier molecular flexibility index (Phi) is 3.88. The first kappa shape index (κ1) is 13.3. The molecule has 0 saturated heterocycles. The first-order valence-corrected chi connectivity index (χ1v) is 7.26. The second kappa shape index (κ2) is 5.25. The maximum Gasteiger partial charge on any atom is 0.0651 e. The average Bonchev–Trinajstić information content (AvgIpc) is 2.75. The molecule has 2 heteroatoms. The minimum absolute atomic E-state index is 0.0101. The Labute approximate surface area is 114 Å². The number of nitrogens with two attached hydrogens (primary N) is 1. The van der Waals surface area contributed by atoms with Gasteiger partial charge in [-0.1, -0.05) is 24.6 Å². The van der Waals surface area contributed by atoms with Crippen LogP contribution in [0.25, 0.3) is 0 Å². The van der Waals surface area contributed by atoms with Crippen LogP contribution >= 0.6 is 11.3 Å². The molecule has 0 spiro atoms. The maximum absolute atomic E-state index is 6.45. The lowest BCUT2D eigenvalue weighted by atomic mass is 9.94. The van der Waals surface area contributed by atoms with Gasteiger partial charge in [-0.2, -0.15) is 0 Å². The SMILES string of the molecule is CCc1ccc(C(N)c2c(C)cc(C)cc2C)s1. The molecule has 1 aromatic carbocycles. The maximum atomic E-state index is 6.45. The van der Waals surface area contributed by atoms with Gasteiger partial charge in [0.25, 0.3) is 0 Å². The smallest absolute Gasteiger partial charge is 0.0651 e. The fourth-order valence-electron chi connectivity index (χ4n) is 2.58. The second-order valence-corrected chi connectivity index (χ2v) is 6.15. The molecule has 96 valence electrons. The molecule has 2 rings (SSSR count). The number of hydrogen-bond acceptors (Lipinski definition) is 2. The van der Waals surface area contributed by atoms with E-state index in [2.05, 4.69) is 52.0 Å². The fraction of sp³-hybridized carbons (Fsp3) is 0.375. The number of thiophene rings is 1. The predicted octanol–water partition coefficient (Wildman–Crippen LogP) is 4.28. The van der Waals surface area contributed by atoms with E-state index >= 15 is 0 Å². The first-order valence-electron chi connectivity index (χ1n) is 6.44. The highest BCUT2D eigenvalue weighted by Crippen LogP contribution is 2.31. The summed E-state index contributed by atoms with van der Waals surface area (Å²) in [4.78, 5) is 2.67. The largest absolute Gasteiger partial charge is 0.320 e. The van der Waals surface area contributed by atoms with Crippen LogP contribution in [0.5, 0.6) is 0 Å². The molecular weight excluding hydrogens is 238 g/mol. The zero-order valence-corrected chi connectivity index (χ0v) is 12.4. The quantitative estimate of drug-likeness (QED) is 0.874. The summed E-state index contributed by atoms with van der Waals surface area (Å²) in [6.45, 7) is 8.63. The van der Waals surface area contributed by atoms with Crippen LogP contribution in [0.3, 0.4) is 0 Å². The van der Waals surface area contributed by atoms with E-state index in [0.717, 1.165) is 6.42 Å². The van der Waals surface area contributed by atoms with Crippen molar-refractivity contribution in [2.75, 3.05) is 0 Å². The van der Waals surface area contributed by atoms with Gasteiger partial charge >= 0.3 is 0 Å². The lowest BCUT2D eigenvalue weighted by Gasteiger charge is -2.17. The van der Waals surface area contributed by atoms with E-state index < -0.39 is 0 Å². The highest BCUT2D eigenvalue weighted by atomic mass is 32.1. The molecule has 0 aliphatic heterocycles. The molecule has 0 saturated carbocycles. The zero-order chi connectivity index (χ0) is 13.3. The summed E-state index contributed by atoms with van der Waals surface area (Å²) in [5, 5.41) is 0. The van der Waals surface area contributed by atoms with Gasteiger partial charge in [-0.3, -0.25) is 0 Å². The van der Waals surface area contributed by atoms with Crippen molar-refractivity contribution in [3.05, 3.63) is 56.3 Å². The molecule has 1 heterocycles. The van der Waals surface area contributed by atoms with Crippen molar-refractivity contribution < 1.29 is 0 Å². The van der Waals surface area contributed by atoms with Gasteiger partial charge in [-0.15, -0.1) is 11.3 Å². The second-order valence-electron chi connectivity index (χ2n) is 4.95. The van der Waals surface area contributed by atoms with Gasteiger partial charge in [-0.25, -0.2) is 0 Å². The number of hydrogen-bond donors (Lipinski definition) is 1. The van der Waals surface area contributed by atoms with Crippen molar-refractivity contribution in [3.63, 3.8) is 0 Å². The lowest BCUT2D eigenvalue weighted by molar-refractivity contribution is 0.870. The van der Waals surface area contributed by atoms with Crippen LogP contribution in [0, 0.1) is 20.8 Å². The third-order valence-electron chi connectivity index (χ3n) is 3.39. The van der Waals surface area contributed by atoms with Crippen LogP contribution in [0.4, 0.5) is 0 Å². The Bertz CT molecular complexity index is 531. The molecule has 0 fully saturated rings. The Morgan fingerprint density at radius 2 is 1.72 bits per heavy atom. The molecule has 2 N–H and O–H groups in total. The lowest BCUT2D eigenvalue weighted by Crippen LogP contribution is -2.13. The molecule has 0 aliphatic rings. The number of aryl methyl sites for hydroxylation is 4. The van der Waals surface area contributed by atoms with E-state index in [0.29, 0.717) is 0 Å². The zero-order valence-electron chi connectivity index (χ0n) is 11.6. The van der Waals surface area contributed by atoms with E-state index in [1.54, 1.807) is 0 Å². The van der Waals surface area contributed by atoms with Crippen LogP contribution in [0.1, 0.15) is 45.0 Å². The van der Waals surface area contributed by atoms with Gasteiger partial charge in [-0.05, 0) is 56.0 Å². The third-order valence-corrected chi connectivity index (χ3v) is 4.70. The van der Waals surface area contributed by atoms with E-state index in [9.17, 15) is 0 Å². The summed E-state index contributed by atoms with van der Waals surface area (Å²) in [7, 11) is 0. The Morgan fingerprint density at radius 3 is 2.22 bits per heavy atom. The third kappa shape index (κ3) is 2.50. The highest BCUT2D eigenvalue weighted by Gasteiger charge is 2.16. The molecule has 0 amide bonds. The molecule has 0 bridgehead atoms. The summed E-state index contributed by atoms with van der Waals surface area (Å²) >= 11 is 1.83. The number of benzene rings is 1. The minimum Gasteiger partial charge on any atom is -0.320 e. The summed E-state index contributed by atoms with van der Waals surface area (Å²) in [5.74, 6) is 0. The van der Waals surface area contributed by atoms with Gasteiger partial charge in [0, 0.05) is 9.75 Å². The molecular formula is C16H21NS. The molecule has 1 unspecified atom stereocenters. The van der Waals surface area contributed by atoms with Gasteiger partial charge in [0.05, 0.1) is 6.04 Å². The Morgan fingerprint density at radius 1 is 1.11 bits per heavy atom. The minimum atomic E-state index is 0.0101. The van der Waals surface area contributed by atoms with E-state index in [4.69, 9.17) is 5.73 Å². The van der Waals surface area contributed by atoms with Gasteiger partial charge in [0.15, 0.2) is 0 Å². The molecule has 18 heavy (non-hydrogen) atoms. The molecule has 1 atom stereocenters. The standard InChI is InChI=1S/C16H21NS/c1-5-13-6-7-14(18-13)16(17)15-11(3)8-10(2)9-12(15)4/h6-9,16H,5,17H2,1-4H3. The normalized spacial score (nSPS) is 12.7. The van der Waals surface area contributed by atoms with E-state index in [1.165, 1.54) is 32.0 Å². The van der Waals surface area contributed by atoms with Gasteiger partial charge < -0.3 is 5.73 Å².